The Labute approximate surface area is 192 Å². The summed E-state index contributed by atoms with van der Waals surface area (Å²) in [5.41, 5.74) is 0.986. The molecule has 3 rings (SSSR count). The topological polar surface area (TPSA) is 64.1 Å². The second kappa shape index (κ2) is 13.3. The summed E-state index contributed by atoms with van der Waals surface area (Å²) in [6.07, 6.45) is 6.27. The minimum atomic E-state index is 0. The van der Waals surface area contributed by atoms with Gasteiger partial charge in [0.25, 0.3) is 0 Å². The van der Waals surface area contributed by atoms with Crippen LogP contribution in [0.25, 0.3) is 0 Å². The van der Waals surface area contributed by atoms with E-state index in [0.717, 1.165) is 68.9 Å². The summed E-state index contributed by atoms with van der Waals surface area (Å²) in [5, 5.41) is 6.80. The average molecular weight is 517 g/mol. The van der Waals surface area contributed by atoms with E-state index >= 15 is 0 Å². The number of halogens is 1. The number of ether oxygens (including phenoxy) is 3. The molecule has 29 heavy (non-hydrogen) atoms. The maximum atomic E-state index is 5.71. The van der Waals surface area contributed by atoms with E-state index in [9.17, 15) is 0 Å². The van der Waals surface area contributed by atoms with E-state index in [-0.39, 0.29) is 36.2 Å². The number of aliphatic imine (C=N–C) groups is 1. The Kier molecular flexibility index (Phi) is 11.1. The van der Waals surface area contributed by atoms with Crippen molar-refractivity contribution in [2.24, 2.45) is 10.9 Å². The van der Waals surface area contributed by atoms with Crippen LogP contribution >= 0.6 is 24.0 Å². The molecule has 0 spiro atoms. The minimum Gasteiger partial charge on any atom is -0.491 e. The highest BCUT2D eigenvalue weighted by atomic mass is 127. The lowest BCUT2D eigenvalue weighted by atomic mass is 10.2. The molecule has 6 nitrogen and oxygen atoms in total. The first-order valence-electron chi connectivity index (χ1n) is 10.7. The van der Waals surface area contributed by atoms with Crippen molar-refractivity contribution in [3.8, 4) is 5.75 Å². The van der Waals surface area contributed by atoms with Crippen molar-refractivity contribution in [2.45, 2.75) is 58.2 Å². The van der Waals surface area contributed by atoms with Gasteiger partial charge in [-0.15, -0.1) is 24.0 Å². The molecule has 1 atom stereocenters. The summed E-state index contributed by atoms with van der Waals surface area (Å²) in [6.45, 7) is 8.14. The number of rotatable bonds is 11. The summed E-state index contributed by atoms with van der Waals surface area (Å²) in [4.78, 5) is 4.73. The van der Waals surface area contributed by atoms with Crippen LogP contribution in [0.4, 0.5) is 5.69 Å². The second-order valence-corrected chi connectivity index (χ2v) is 7.94. The maximum absolute atomic E-state index is 5.71. The molecule has 0 radical (unpaired) electrons. The van der Waals surface area contributed by atoms with E-state index < -0.39 is 0 Å². The van der Waals surface area contributed by atoms with Crippen molar-refractivity contribution in [1.82, 2.24) is 5.32 Å². The molecule has 7 heteroatoms. The van der Waals surface area contributed by atoms with E-state index in [1.54, 1.807) is 0 Å². The number of anilines is 1. The normalized spacial score (nSPS) is 19.1. The van der Waals surface area contributed by atoms with E-state index in [1.807, 2.05) is 38.1 Å². The number of hydrogen-bond donors (Lipinski definition) is 2. The van der Waals surface area contributed by atoms with Crippen LogP contribution < -0.4 is 15.4 Å². The van der Waals surface area contributed by atoms with Crippen LogP contribution in [-0.2, 0) is 9.47 Å². The Balaban J connectivity index is 0.00000300. The molecule has 2 aliphatic rings. The predicted molar refractivity (Wildman–Crippen MR) is 129 cm³/mol. The summed E-state index contributed by atoms with van der Waals surface area (Å²) in [5.74, 6) is 2.48. The fourth-order valence-electron chi connectivity index (χ4n) is 3.06. The molecular formula is C22H36IN3O3. The van der Waals surface area contributed by atoms with Gasteiger partial charge in [0, 0.05) is 32.1 Å². The van der Waals surface area contributed by atoms with Gasteiger partial charge in [0.1, 0.15) is 5.75 Å². The van der Waals surface area contributed by atoms with Gasteiger partial charge in [-0.2, -0.15) is 0 Å². The molecule has 0 amide bonds. The molecule has 1 saturated heterocycles. The molecule has 1 aromatic rings. The molecule has 1 aliphatic carbocycles. The SMILES string of the molecule is CC(C)Oc1ccc(NC(=NCC2CCCO2)NCCCOCC2CC2)cc1.I. The monoisotopic (exact) mass is 517 g/mol. The van der Waals surface area contributed by atoms with Crippen molar-refractivity contribution in [2.75, 3.05) is 38.2 Å². The van der Waals surface area contributed by atoms with Crippen molar-refractivity contribution in [3.63, 3.8) is 0 Å². The first-order chi connectivity index (χ1) is 13.7. The smallest absolute Gasteiger partial charge is 0.195 e. The van der Waals surface area contributed by atoms with Crippen LogP contribution in [0.2, 0.25) is 0 Å². The van der Waals surface area contributed by atoms with Crippen molar-refractivity contribution >= 4 is 35.6 Å². The van der Waals surface area contributed by atoms with Crippen molar-refractivity contribution in [1.29, 1.82) is 0 Å². The van der Waals surface area contributed by atoms with Gasteiger partial charge in [-0.1, -0.05) is 0 Å². The zero-order valence-corrected chi connectivity index (χ0v) is 20.0. The molecule has 1 aromatic carbocycles. The number of benzene rings is 1. The third-order valence-electron chi connectivity index (χ3n) is 4.77. The number of guanidine groups is 1. The van der Waals surface area contributed by atoms with Crippen LogP contribution in [0.15, 0.2) is 29.3 Å². The molecule has 0 aromatic heterocycles. The van der Waals surface area contributed by atoms with E-state index in [1.165, 1.54) is 12.8 Å². The van der Waals surface area contributed by atoms with Crippen LogP contribution in [0.3, 0.4) is 0 Å². The highest BCUT2D eigenvalue weighted by Gasteiger charge is 2.20. The Bertz CT molecular complexity index is 600. The lowest BCUT2D eigenvalue weighted by molar-refractivity contribution is 0.117. The molecule has 2 N–H and O–H groups in total. The highest BCUT2D eigenvalue weighted by molar-refractivity contribution is 14.0. The van der Waals surface area contributed by atoms with Gasteiger partial charge in [0.05, 0.1) is 18.8 Å². The summed E-state index contributed by atoms with van der Waals surface area (Å²) >= 11 is 0. The van der Waals surface area contributed by atoms with Crippen molar-refractivity contribution < 1.29 is 14.2 Å². The second-order valence-electron chi connectivity index (χ2n) is 7.94. The fourth-order valence-corrected chi connectivity index (χ4v) is 3.06. The third-order valence-corrected chi connectivity index (χ3v) is 4.77. The summed E-state index contributed by atoms with van der Waals surface area (Å²) < 4.78 is 17.1. The van der Waals surface area contributed by atoms with Crippen LogP contribution in [-0.4, -0.2) is 51.1 Å². The minimum absolute atomic E-state index is 0. The first kappa shape index (κ1) is 24.2. The largest absolute Gasteiger partial charge is 0.491 e. The van der Waals surface area contributed by atoms with Crippen LogP contribution in [0.1, 0.15) is 46.0 Å². The molecule has 1 heterocycles. The molecule has 1 aliphatic heterocycles. The van der Waals surface area contributed by atoms with Crippen molar-refractivity contribution in [3.05, 3.63) is 24.3 Å². The lowest BCUT2D eigenvalue weighted by Crippen LogP contribution is -2.33. The average Bonchev–Trinajstić information content (AvgIpc) is 3.35. The van der Waals surface area contributed by atoms with Gasteiger partial charge in [-0.3, -0.25) is 4.99 Å². The molecule has 0 bridgehead atoms. The van der Waals surface area contributed by atoms with E-state index in [4.69, 9.17) is 19.2 Å². The quantitative estimate of drug-likeness (QED) is 0.197. The van der Waals surface area contributed by atoms with Gasteiger partial charge >= 0.3 is 0 Å². The van der Waals surface area contributed by atoms with Crippen LogP contribution in [0.5, 0.6) is 5.75 Å². The van der Waals surface area contributed by atoms with Crippen LogP contribution in [0, 0.1) is 5.92 Å². The molecule has 2 fully saturated rings. The van der Waals surface area contributed by atoms with Gasteiger partial charge in [0.15, 0.2) is 5.96 Å². The Hall–Kier alpha value is -1.06. The molecular weight excluding hydrogens is 481 g/mol. The molecule has 164 valence electrons. The predicted octanol–water partition coefficient (Wildman–Crippen LogP) is 4.45. The molecule has 1 unspecified atom stereocenters. The van der Waals surface area contributed by atoms with Gasteiger partial charge in [-0.05, 0) is 76.1 Å². The summed E-state index contributed by atoms with van der Waals surface area (Å²) in [6, 6.07) is 7.98. The van der Waals surface area contributed by atoms with Gasteiger partial charge < -0.3 is 24.8 Å². The highest BCUT2D eigenvalue weighted by Crippen LogP contribution is 2.28. The third kappa shape index (κ3) is 10.00. The number of nitrogens with zero attached hydrogens (tertiary/aromatic N) is 1. The standard InChI is InChI=1S/C22H35N3O3.HI/c1-17(2)28-20-10-8-19(9-11-20)25-22(24-15-21-5-3-14-27-21)23-12-4-13-26-16-18-6-7-18;/h8-11,17-18,21H,3-7,12-16H2,1-2H3,(H2,23,24,25);1H. The zero-order valence-electron chi connectivity index (χ0n) is 17.7. The lowest BCUT2D eigenvalue weighted by Gasteiger charge is -2.15. The number of nitrogens with one attached hydrogen (secondary N) is 2. The fraction of sp³-hybridized carbons (Fsp3) is 0.682. The summed E-state index contributed by atoms with van der Waals surface area (Å²) in [7, 11) is 0. The zero-order chi connectivity index (χ0) is 19.6. The van der Waals surface area contributed by atoms with Gasteiger partial charge in [0.2, 0.25) is 0 Å². The first-order valence-corrected chi connectivity index (χ1v) is 10.7. The Morgan fingerprint density at radius 1 is 1.21 bits per heavy atom. The maximum Gasteiger partial charge on any atom is 0.195 e. The Morgan fingerprint density at radius 2 is 2.00 bits per heavy atom. The Morgan fingerprint density at radius 3 is 2.66 bits per heavy atom. The number of hydrogen-bond acceptors (Lipinski definition) is 4. The van der Waals surface area contributed by atoms with E-state index in [2.05, 4.69) is 10.6 Å². The van der Waals surface area contributed by atoms with Gasteiger partial charge in [-0.25, -0.2) is 0 Å². The van der Waals surface area contributed by atoms with E-state index in [0.29, 0.717) is 6.54 Å². The molecule has 1 saturated carbocycles.